The molecule has 148 valence electrons. The summed E-state index contributed by atoms with van der Waals surface area (Å²) in [7, 11) is 0. The highest BCUT2D eigenvalue weighted by molar-refractivity contribution is 7.17. The molecule has 2 N–H and O–H groups in total. The number of carbonyl (C=O) groups excluding carboxylic acids is 1. The van der Waals surface area contributed by atoms with E-state index in [9.17, 15) is 4.79 Å². The Labute approximate surface area is 179 Å². The minimum Gasteiger partial charge on any atom is -0.344 e. The molecule has 0 aliphatic heterocycles. The quantitative estimate of drug-likeness (QED) is 0.413. The highest BCUT2D eigenvalue weighted by Gasteiger charge is 2.20. The zero-order chi connectivity index (χ0) is 20.8. The molecule has 1 unspecified atom stereocenters. The van der Waals surface area contributed by atoms with Gasteiger partial charge in [0, 0.05) is 36.3 Å². The molecule has 4 aromatic rings. The maximum atomic E-state index is 13.0. The van der Waals surface area contributed by atoms with Gasteiger partial charge in [-0.3, -0.25) is 14.8 Å². The Morgan fingerprint density at radius 1 is 0.967 bits per heavy atom. The molecule has 1 aromatic carbocycles. The average Bonchev–Trinajstić information content (AvgIpc) is 3.31. The number of rotatable bonds is 7. The van der Waals surface area contributed by atoms with Crippen molar-refractivity contribution in [1.29, 1.82) is 5.41 Å². The van der Waals surface area contributed by atoms with Gasteiger partial charge in [-0.05, 0) is 35.9 Å². The first-order valence-corrected chi connectivity index (χ1v) is 10.4. The van der Waals surface area contributed by atoms with E-state index in [1.165, 1.54) is 11.3 Å². The van der Waals surface area contributed by atoms with Crippen LogP contribution in [0, 0.1) is 5.41 Å². The molecular weight excluding hydrogens is 392 g/mol. The van der Waals surface area contributed by atoms with Gasteiger partial charge in [0.05, 0.1) is 21.5 Å². The van der Waals surface area contributed by atoms with E-state index in [-0.39, 0.29) is 11.9 Å². The van der Waals surface area contributed by atoms with Gasteiger partial charge in [0.25, 0.3) is 5.91 Å². The molecule has 0 bridgehead atoms. The maximum Gasteiger partial charge on any atom is 0.261 e. The fourth-order valence-electron chi connectivity index (χ4n) is 3.14. The van der Waals surface area contributed by atoms with E-state index in [1.54, 1.807) is 18.6 Å². The van der Waals surface area contributed by atoms with Crippen LogP contribution in [0.5, 0.6) is 0 Å². The van der Waals surface area contributed by atoms with Gasteiger partial charge in [-0.15, -0.1) is 11.3 Å². The third-order valence-corrected chi connectivity index (χ3v) is 5.78. The molecule has 0 spiro atoms. The van der Waals surface area contributed by atoms with Gasteiger partial charge >= 0.3 is 0 Å². The molecule has 0 saturated carbocycles. The topological polar surface area (TPSA) is 78.7 Å². The average molecular weight is 413 g/mol. The highest BCUT2D eigenvalue weighted by atomic mass is 32.1. The summed E-state index contributed by atoms with van der Waals surface area (Å²) in [4.78, 5) is 23.0. The highest BCUT2D eigenvalue weighted by Crippen LogP contribution is 2.27. The van der Waals surface area contributed by atoms with Crippen LogP contribution in [-0.2, 0) is 0 Å². The van der Waals surface area contributed by atoms with E-state index in [0.29, 0.717) is 17.0 Å². The number of benzene rings is 1. The van der Waals surface area contributed by atoms with Crippen LogP contribution in [-0.4, -0.2) is 21.6 Å². The van der Waals surface area contributed by atoms with Crippen molar-refractivity contribution in [2.75, 3.05) is 0 Å². The summed E-state index contributed by atoms with van der Waals surface area (Å²) >= 11 is 1.41. The number of aromatic nitrogens is 2. The van der Waals surface area contributed by atoms with Crippen molar-refractivity contribution in [2.45, 2.75) is 12.5 Å². The van der Waals surface area contributed by atoms with Crippen LogP contribution >= 0.6 is 11.3 Å². The molecule has 0 aliphatic carbocycles. The number of hydrogen-bond donors (Lipinski definition) is 2. The third kappa shape index (κ3) is 4.67. The lowest BCUT2D eigenvalue weighted by Gasteiger charge is -2.19. The molecule has 0 aliphatic rings. The van der Waals surface area contributed by atoms with Crippen molar-refractivity contribution in [3.63, 3.8) is 0 Å². The molecule has 0 fully saturated rings. The molecule has 4 rings (SSSR count). The molecule has 0 saturated heterocycles. The fraction of sp³-hybridized carbons (Fsp3) is 0.0833. The number of amides is 1. The summed E-state index contributed by atoms with van der Waals surface area (Å²) in [6.45, 7) is 0. The molecule has 0 radical (unpaired) electrons. The number of nitrogens with zero attached hydrogens (tertiary/aromatic N) is 2. The van der Waals surface area contributed by atoms with Crippen LogP contribution in [0.2, 0.25) is 0 Å². The number of hydrogen-bond acceptors (Lipinski definition) is 5. The standard InChI is InChI=1S/C24H20N4OS/c25-19(18-9-6-13-26-16-18)15-21(17-7-2-1-3-8-17)28-24(29)23-12-11-22(30-23)20-10-4-5-14-27-20/h1-14,16,21,25H,15H2,(H,28,29). The molecule has 5 nitrogen and oxygen atoms in total. The minimum atomic E-state index is -0.313. The van der Waals surface area contributed by atoms with Gasteiger partial charge in [0.15, 0.2) is 0 Å². The van der Waals surface area contributed by atoms with Gasteiger partial charge in [0.1, 0.15) is 0 Å². The first kappa shape index (κ1) is 19.7. The fourth-order valence-corrected chi connectivity index (χ4v) is 4.02. The maximum absolute atomic E-state index is 13.0. The molecule has 1 amide bonds. The van der Waals surface area contributed by atoms with Gasteiger partial charge in [-0.1, -0.05) is 42.5 Å². The van der Waals surface area contributed by atoms with Crippen molar-refractivity contribution in [1.82, 2.24) is 15.3 Å². The predicted molar refractivity (Wildman–Crippen MR) is 120 cm³/mol. The Bertz CT molecular complexity index is 1130. The second-order valence-corrected chi connectivity index (χ2v) is 7.82. The molecule has 1 atom stereocenters. The van der Waals surface area contributed by atoms with Gasteiger partial charge in [-0.25, -0.2) is 0 Å². The van der Waals surface area contributed by atoms with Gasteiger partial charge in [-0.2, -0.15) is 0 Å². The third-order valence-electron chi connectivity index (χ3n) is 4.67. The summed E-state index contributed by atoms with van der Waals surface area (Å²) in [5, 5.41) is 11.6. The SMILES string of the molecule is N=C(CC(NC(=O)c1ccc(-c2ccccn2)s1)c1ccccc1)c1cccnc1. The molecule has 30 heavy (non-hydrogen) atoms. The lowest BCUT2D eigenvalue weighted by atomic mass is 9.98. The Kier molecular flexibility index (Phi) is 6.06. The smallest absolute Gasteiger partial charge is 0.261 e. The second-order valence-electron chi connectivity index (χ2n) is 6.74. The zero-order valence-electron chi connectivity index (χ0n) is 16.2. The van der Waals surface area contributed by atoms with E-state index in [0.717, 1.165) is 21.7 Å². The van der Waals surface area contributed by atoms with E-state index >= 15 is 0 Å². The van der Waals surface area contributed by atoms with E-state index in [1.807, 2.05) is 72.8 Å². The van der Waals surface area contributed by atoms with Crippen LogP contribution in [0.15, 0.2) is 91.4 Å². The summed E-state index contributed by atoms with van der Waals surface area (Å²) in [6.07, 6.45) is 5.47. The second kappa shape index (κ2) is 9.24. The van der Waals surface area contributed by atoms with Crippen molar-refractivity contribution in [3.8, 4) is 10.6 Å². The van der Waals surface area contributed by atoms with E-state index in [2.05, 4.69) is 15.3 Å². The van der Waals surface area contributed by atoms with Gasteiger partial charge in [0.2, 0.25) is 0 Å². The Hall–Kier alpha value is -3.64. The lowest BCUT2D eigenvalue weighted by molar-refractivity contribution is 0.0942. The Morgan fingerprint density at radius 2 is 1.80 bits per heavy atom. The van der Waals surface area contributed by atoms with Crippen LogP contribution in [0.4, 0.5) is 0 Å². The Morgan fingerprint density at radius 3 is 2.53 bits per heavy atom. The monoisotopic (exact) mass is 412 g/mol. The summed E-state index contributed by atoms with van der Waals surface area (Å²) < 4.78 is 0. The summed E-state index contributed by atoms with van der Waals surface area (Å²) in [5.41, 5.74) is 2.99. The minimum absolute atomic E-state index is 0.157. The number of carbonyl (C=O) groups is 1. The number of thiophene rings is 1. The van der Waals surface area contributed by atoms with E-state index in [4.69, 9.17) is 5.41 Å². The van der Waals surface area contributed by atoms with Crippen LogP contribution in [0.25, 0.3) is 10.6 Å². The number of pyridine rings is 2. The molecule has 6 heteroatoms. The van der Waals surface area contributed by atoms with Crippen molar-refractivity contribution < 1.29 is 4.79 Å². The number of nitrogens with one attached hydrogen (secondary N) is 2. The lowest BCUT2D eigenvalue weighted by Crippen LogP contribution is -2.29. The van der Waals surface area contributed by atoms with Crippen molar-refractivity contribution in [2.24, 2.45) is 0 Å². The predicted octanol–water partition coefficient (Wildman–Crippen LogP) is 5.13. The van der Waals surface area contributed by atoms with Crippen LogP contribution in [0.1, 0.15) is 33.3 Å². The largest absolute Gasteiger partial charge is 0.344 e. The van der Waals surface area contributed by atoms with Crippen LogP contribution in [0.3, 0.4) is 0 Å². The first-order chi connectivity index (χ1) is 14.7. The molecular formula is C24H20N4OS. The van der Waals surface area contributed by atoms with Crippen molar-refractivity contribution >= 4 is 23.0 Å². The zero-order valence-corrected chi connectivity index (χ0v) is 17.0. The van der Waals surface area contributed by atoms with Crippen molar-refractivity contribution in [3.05, 3.63) is 107 Å². The summed E-state index contributed by atoms with van der Waals surface area (Å²) in [5.74, 6) is -0.157. The van der Waals surface area contributed by atoms with Gasteiger partial charge < -0.3 is 10.7 Å². The van der Waals surface area contributed by atoms with Crippen LogP contribution < -0.4 is 5.32 Å². The Balaban J connectivity index is 1.54. The molecule has 3 heterocycles. The normalized spacial score (nSPS) is 11.6. The summed E-state index contributed by atoms with van der Waals surface area (Å²) in [6, 6.07) is 22.6. The van der Waals surface area contributed by atoms with E-state index < -0.39 is 0 Å². The first-order valence-electron chi connectivity index (χ1n) is 9.55. The molecule has 3 aromatic heterocycles.